The van der Waals surface area contributed by atoms with Gasteiger partial charge in [0.15, 0.2) is 0 Å². The van der Waals surface area contributed by atoms with Gasteiger partial charge in [-0.25, -0.2) is 15.0 Å². The van der Waals surface area contributed by atoms with Gasteiger partial charge in [-0.2, -0.15) is 0 Å². The van der Waals surface area contributed by atoms with Crippen molar-refractivity contribution in [3.63, 3.8) is 0 Å². The lowest BCUT2D eigenvalue weighted by Gasteiger charge is -2.56. The molecule has 3 saturated heterocycles. The lowest BCUT2D eigenvalue weighted by molar-refractivity contribution is -0.00875. The summed E-state index contributed by atoms with van der Waals surface area (Å²) >= 11 is 0. The number of ether oxygens (including phenoxy) is 1. The Balaban J connectivity index is 1.43. The summed E-state index contributed by atoms with van der Waals surface area (Å²) in [4.78, 5) is 17.8. The number of methoxy groups -OCH3 is 1. The van der Waals surface area contributed by atoms with Crippen LogP contribution in [0.3, 0.4) is 0 Å². The van der Waals surface area contributed by atoms with Gasteiger partial charge in [-0.1, -0.05) is 0 Å². The van der Waals surface area contributed by atoms with Gasteiger partial charge in [0.25, 0.3) is 0 Å². The van der Waals surface area contributed by atoms with Crippen LogP contribution in [0.2, 0.25) is 0 Å². The smallest absolute Gasteiger partial charge is 0.213 e. The minimum Gasteiger partial charge on any atom is -0.481 e. The average molecular weight is 311 g/mol. The van der Waals surface area contributed by atoms with Crippen molar-refractivity contribution in [2.75, 3.05) is 25.1 Å². The summed E-state index contributed by atoms with van der Waals surface area (Å²) in [6, 6.07) is 7.37. The Labute approximate surface area is 136 Å². The number of hydrogen-bond donors (Lipinski definition) is 0. The fourth-order valence-corrected chi connectivity index (χ4v) is 3.62. The number of fused-ring (bicyclic) bond motifs is 2. The summed E-state index contributed by atoms with van der Waals surface area (Å²) in [5.74, 6) is 1.74. The number of pyridine rings is 1. The molecule has 0 N–H and O–H groups in total. The minimum atomic E-state index is 0.600. The molecule has 0 aromatic carbocycles. The summed E-state index contributed by atoms with van der Waals surface area (Å²) in [5, 5.41) is 0. The van der Waals surface area contributed by atoms with Crippen LogP contribution in [0.25, 0.3) is 0 Å². The molecule has 6 nitrogen and oxygen atoms in total. The molecule has 2 bridgehead atoms. The van der Waals surface area contributed by atoms with Crippen molar-refractivity contribution in [1.82, 2.24) is 19.9 Å². The van der Waals surface area contributed by atoms with Crippen LogP contribution in [0, 0.1) is 6.92 Å². The minimum absolute atomic E-state index is 0.600. The Morgan fingerprint density at radius 1 is 1.17 bits per heavy atom. The molecule has 3 aliphatic rings. The standard InChI is InChI=1S/C17H21N5O/c1-12-5-16(20-11-19-12)21-9-14-7-15(10-21)22(14)8-13-3-4-18-17(6-13)23-2/h3-6,11,14-15H,7-10H2,1-2H3. The molecule has 3 fully saturated rings. The van der Waals surface area contributed by atoms with Crippen molar-refractivity contribution in [2.45, 2.75) is 32.0 Å². The van der Waals surface area contributed by atoms with Crippen LogP contribution >= 0.6 is 0 Å². The topological polar surface area (TPSA) is 54.4 Å². The number of nitrogens with zero attached hydrogens (tertiary/aromatic N) is 5. The van der Waals surface area contributed by atoms with E-state index in [1.54, 1.807) is 13.4 Å². The lowest BCUT2D eigenvalue weighted by atomic mass is 9.87. The molecule has 5 rings (SSSR count). The van der Waals surface area contributed by atoms with Gasteiger partial charge in [0, 0.05) is 55.7 Å². The maximum atomic E-state index is 5.22. The predicted molar refractivity (Wildman–Crippen MR) is 87.5 cm³/mol. The molecular formula is C17H21N5O. The molecule has 23 heavy (non-hydrogen) atoms. The van der Waals surface area contributed by atoms with Gasteiger partial charge in [-0.3, -0.25) is 4.90 Å². The summed E-state index contributed by atoms with van der Waals surface area (Å²) < 4.78 is 5.22. The number of piperazine rings is 1. The van der Waals surface area contributed by atoms with Crippen LogP contribution in [0.1, 0.15) is 17.7 Å². The lowest BCUT2D eigenvalue weighted by Crippen LogP contribution is -2.68. The van der Waals surface area contributed by atoms with Crippen molar-refractivity contribution in [3.8, 4) is 5.88 Å². The van der Waals surface area contributed by atoms with E-state index in [0.717, 1.165) is 31.1 Å². The Kier molecular flexibility index (Phi) is 3.61. The predicted octanol–water partition coefficient (Wildman–Crippen LogP) is 1.65. The average Bonchev–Trinajstić information content (AvgIpc) is 2.60. The van der Waals surface area contributed by atoms with Gasteiger partial charge in [0.2, 0.25) is 5.88 Å². The van der Waals surface area contributed by atoms with Crippen molar-refractivity contribution in [3.05, 3.63) is 42.0 Å². The second kappa shape index (κ2) is 5.77. The zero-order valence-corrected chi connectivity index (χ0v) is 13.5. The van der Waals surface area contributed by atoms with Crippen LogP contribution in [0.4, 0.5) is 5.82 Å². The second-order valence-corrected chi connectivity index (χ2v) is 6.34. The first-order valence-corrected chi connectivity index (χ1v) is 8.01. The molecule has 0 aliphatic carbocycles. The van der Waals surface area contributed by atoms with Crippen molar-refractivity contribution < 1.29 is 4.74 Å². The highest BCUT2D eigenvalue weighted by atomic mass is 16.5. The van der Waals surface area contributed by atoms with E-state index in [0.29, 0.717) is 18.0 Å². The van der Waals surface area contributed by atoms with E-state index < -0.39 is 0 Å². The van der Waals surface area contributed by atoms with E-state index in [9.17, 15) is 0 Å². The third kappa shape index (κ3) is 2.74. The van der Waals surface area contributed by atoms with E-state index in [1.807, 2.05) is 19.2 Å². The highest BCUT2D eigenvalue weighted by Crippen LogP contribution is 2.35. The summed E-state index contributed by atoms with van der Waals surface area (Å²) in [6.07, 6.45) is 4.76. The third-order valence-electron chi connectivity index (χ3n) is 4.83. The SMILES string of the molecule is COc1cc(CN2C3CC2CN(c2cc(C)ncn2)C3)ccn1. The Morgan fingerprint density at radius 2 is 2.00 bits per heavy atom. The third-order valence-corrected chi connectivity index (χ3v) is 4.83. The van der Waals surface area contributed by atoms with Crippen molar-refractivity contribution >= 4 is 5.82 Å². The molecule has 2 atom stereocenters. The van der Waals surface area contributed by atoms with Crippen LogP contribution in [-0.4, -0.2) is 52.1 Å². The van der Waals surface area contributed by atoms with E-state index in [4.69, 9.17) is 4.74 Å². The van der Waals surface area contributed by atoms with Crippen LogP contribution in [0.5, 0.6) is 5.88 Å². The molecule has 0 radical (unpaired) electrons. The molecule has 120 valence electrons. The number of aromatic nitrogens is 3. The fourth-order valence-electron chi connectivity index (χ4n) is 3.62. The normalized spacial score (nSPS) is 23.5. The van der Waals surface area contributed by atoms with E-state index >= 15 is 0 Å². The highest BCUT2D eigenvalue weighted by Gasteiger charge is 2.44. The first-order valence-electron chi connectivity index (χ1n) is 8.01. The van der Waals surface area contributed by atoms with E-state index in [2.05, 4.69) is 36.9 Å². The number of hydrogen-bond acceptors (Lipinski definition) is 6. The van der Waals surface area contributed by atoms with Crippen molar-refractivity contribution in [1.29, 1.82) is 0 Å². The Morgan fingerprint density at radius 3 is 2.74 bits per heavy atom. The number of rotatable bonds is 4. The summed E-state index contributed by atoms with van der Waals surface area (Å²) in [5.41, 5.74) is 2.29. The quantitative estimate of drug-likeness (QED) is 0.856. The monoisotopic (exact) mass is 311 g/mol. The van der Waals surface area contributed by atoms with Crippen LogP contribution in [0.15, 0.2) is 30.7 Å². The van der Waals surface area contributed by atoms with Gasteiger partial charge >= 0.3 is 0 Å². The molecule has 2 aromatic heterocycles. The first kappa shape index (κ1) is 14.4. The zero-order valence-electron chi connectivity index (χ0n) is 13.5. The zero-order chi connectivity index (χ0) is 15.8. The Hall–Kier alpha value is -2.21. The Bertz CT molecular complexity index is 695. The van der Waals surface area contributed by atoms with Gasteiger partial charge in [-0.05, 0) is 25.0 Å². The fraction of sp³-hybridized carbons (Fsp3) is 0.471. The van der Waals surface area contributed by atoms with E-state index in [1.165, 1.54) is 12.0 Å². The molecule has 3 aliphatic heterocycles. The van der Waals surface area contributed by atoms with Gasteiger partial charge in [0.1, 0.15) is 12.1 Å². The molecule has 2 unspecified atom stereocenters. The highest BCUT2D eigenvalue weighted by molar-refractivity contribution is 5.41. The molecule has 6 heteroatoms. The number of piperidine rings is 1. The largest absolute Gasteiger partial charge is 0.481 e. The second-order valence-electron chi connectivity index (χ2n) is 6.34. The number of anilines is 1. The van der Waals surface area contributed by atoms with Crippen LogP contribution < -0.4 is 9.64 Å². The summed E-state index contributed by atoms with van der Waals surface area (Å²) in [7, 11) is 1.66. The van der Waals surface area contributed by atoms with E-state index in [-0.39, 0.29) is 0 Å². The maximum Gasteiger partial charge on any atom is 0.213 e. The van der Waals surface area contributed by atoms with Gasteiger partial charge in [0.05, 0.1) is 7.11 Å². The number of aryl methyl sites for hydroxylation is 1. The summed E-state index contributed by atoms with van der Waals surface area (Å²) in [6.45, 7) is 5.05. The molecule has 0 amide bonds. The molecule has 2 aromatic rings. The molecular weight excluding hydrogens is 290 g/mol. The van der Waals surface area contributed by atoms with Crippen LogP contribution in [-0.2, 0) is 6.54 Å². The maximum absolute atomic E-state index is 5.22. The van der Waals surface area contributed by atoms with Gasteiger partial charge < -0.3 is 9.64 Å². The molecule has 5 heterocycles. The van der Waals surface area contributed by atoms with Crippen molar-refractivity contribution in [2.24, 2.45) is 0 Å². The van der Waals surface area contributed by atoms with Gasteiger partial charge in [-0.15, -0.1) is 0 Å². The molecule has 0 saturated carbocycles. The molecule has 0 spiro atoms. The first-order chi connectivity index (χ1) is 11.2.